The van der Waals surface area contributed by atoms with Gasteiger partial charge in [0.15, 0.2) is 0 Å². The molecule has 1 aromatic rings. The minimum atomic E-state index is -1.19. The average Bonchev–Trinajstić information content (AvgIpc) is 2.58. The predicted molar refractivity (Wildman–Crippen MR) is 91.9 cm³/mol. The summed E-state index contributed by atoms with van der Waals surface area (Å²) in [6.45, 7) is 1.58. The highest BCUT2D eigenvalue weighted by Gasteiger charge is 2.38. The fourth-order valence-corrected chi connectivity index (χ4v) is 3.01. The lowest BCUT2D eigenvalue weighted by Crippen LogP contribution is -2.32. The quantitative estimate of drug-likeness (QED) is 0.475. The number of hydrogen-bond acceptors (Lipinski definition) is 5. The fraction of sp³-hybridized carbons (Fsp3) is 0.167. The topological polar surface area (TPSA) is 92.7 Å². The molecular weight excluding hydrogens is 346 g/mol. The zero-order valence-corrected chi connectivity index (χ0v) is 14.3. The molecule has 2 rings (SSSR count). The number of hydrogen-bond donors (Lipinski definition) is 2. The van der Waals surface area contributed by atoms with Crippen molar-refractivity contribution in [1.29, 1.82) is 0 Å². The Kier molecular flexibility index (Phi) is 5.77. The number of halogens is 1. The van der Waals surface area contributed by atoms with Crippen LogP contribution in [0.15, 0.2) is 59.0 Å². The van der Waals surface area contributed by atoms with Crippen LogP contribution in [0, 0.1) is 0 Å². The van der Waals surface area contributed by atoms with Crippen LogP contribution in [0.1, 0.15) is 18.4 Å². The first-order valence-corrected chi connectivity index (χ1v) is 7.70. The van der Waals surface area contributed by atoms with Crippen molar-refractivity contribution in [2.75, 3.05) is 7.11 Å². The zero-order chi connectivity index (χ0) is 18.6. The Balaban J connectivity index is 2.81. The van der Waals surface area contributed by atoms with E-state index in [-0.39, 0.29) is 16.8 Å². The Bertz CT molecular complexity index is 823. The maximum absolute atomic E-state index is 12.4. The number of carbonyl (C=O) groups excluding carboxylic acids is 2. The van der Waals surface area contributed by atoms with E-state index in [1.165, 1.54) is 19.3 Å². The summed E-state index contributed by atoms with van der Waals surface area (Å²) in [7, 11) is 1.20. The summed E-state index contributed by atoms with van der Waals surface area (Å²) in [4.78, 5) is 34.9. The van der Waals surface area contributed by atoms with Gasteiger partial charge in [0, 0.05) is 16.4 Å². The minimum absolute atomic E-state index is 0.0169. The molecule has 6 nitrogen and oxygen atoms in total. The second-order valence-corrected chi connectivity index (χ2v) is 5.64. The lowest BCUT2D eigenvalue weighted by atomic mass is 9.80. The number of nitrogens with one attached hydrogen (secondary N) is 1. The molecule has 0 bridgehead atoms. The van der Waals surface area contributed by atoms with Crippen molar-refractivity contribution in [3.63, 3.8) is 0 Å². The second-order valence-electron chi connectivity index (χ2n) is 5.24. The van der Waals surface area contributed by atoms with E-state index in [1.54, 1.807) is 31.2 Å². The van der Waals surface area contributed by atoms with Crippen LogP contribution in [0.5, 0.6) is 0 Å². The molecule has 2 N–H and O–H groups in total. The van der Waals surface area contributed by atoms with E-state index in [9.17, 15) is 19.5 Å². The molecule has 0 amide bonds. The van der Waals surface area contributed by atoms with Gasteiger partial charge < -0.3 is 15.2 Å². The molecule has 0 saturated heterocycles. The predicted octanol–water partition coefficient (Wildman–Crippen LogP) is 2.57. The van der Waals surface area contributed by atoms with Crippen LogP contribution in [0.2, 0.25) is 5.02 Å². The van der Waals surface area contributed by atoms with E-state index in [1.807, 2.05) is 0 Å². The van der Waals surface area contributed by atoms with Gasteiger partial charge in [0.25, 0.3) is 0 Å². The number of carboxylic acid groups (broad SMARTS) is 1. The second kappa shape index (κ2) is 7.81. The number of esters is 1. The van der Waals surface area contributed by atoms with Gasteiger partial charge in [-0.15, -0.1) is 0 Å². The average molecular weight is 362 g/mol. The summed E-state index contributed by atoms with van der Waals surface area (Å²) in [5, 5.41) is 12.9. The highest BCUT2D eigenvalue weighted by Crippen LogP contribution is 2.41. The van der Waals surface area contributed by atoms with Crippen LogP contribution >= 0.6 is 11.6 Å². The molecule has 130 valence electrons. The fourth-order valence-electron chi connectivity index (χ4n) is 2.76. The molecule has 0 aliphatic carbocycles. The SMILES string of the molecule is COC(=O)C1=C(/C=C/C=O)NC(C)=C(C(=O)O)C1c1ccccc1Cl. The number of benzene rings is 1. The van der Waals surface area contributed by atoms with Gasteiger partial charge in [0.05, 0.1) is 24.2 Å². The highest BCUT2D eigenvalue weighted by molar-refractivity contribution is 6.31. The number of rotatable bonds is 5. The molecule has 0 fully saturated rings. The Hall–Kier alpha value is -2.86. The number of allylic oxidation sites excluding steroid dienone is 3. The first-order chi connectivity index (χ1) is 11.9. The van der Waals surface area contributed by atoms with E-state index in [0.717, 1.165) is 0 Å². The van der Waals surface area contributed by atoms with E-state index in [4.69, 9.17) is 16.3 Å². The van der Waals surface area contributed by atoms with Gasteiger partial charge in [-0.1, -0.05) is 29.8 Å². The van der Waals surface area contributed by atoms with Crippen molar-refractivity contribution in [3.05, 3.63) is 69.5 Å². The largest absolute Gasteiger partial charge is 0.478 e. The van der Waals surface area contributed by atoms with Crippen molar-refractivity contribution in [2.45, 2.75) is 12.8 Å². The van der Waals surface area contributed by atoms with Gasteiger partial charge in [-0.3, -0.25) is 4.79 Å². The summed E-state index contributed by atoms with van der Waals surface area (Å²) in [5.41, 5.74) is 1.13. The van der Waals surface area contributed by atoms with Crippen molar-refractivity contribution < 1.29 is 24.2 Å². The van der Waals surface area contributed by atoms with Crippen LogP contribution in [-0.2, 0) is 19.1 Å². The third-order valence-electron chi connectivity index (χ3n) is 3.79. The van der Waals surface area contributed by atoms with Crippen molar-refractivity contribution in [1.82, 2.24) is 5.32 Å². The summed E-state index contributed by atoms with van der Waals surface area (Å²) in [6, 6.07) is 6.68. The molecule has 0 spiro atoms. The molecule has 7 heteroatoms. The molecule has 1 aliphatic rings. The van der Waals surface area contributed by atoms with Crippen molar-refractivity contribution >= 4 is 29.8 Å². The van der Waals surface area contributed by atoms with Gasteiger partial charge in [0.2, 0.25) is 0 Å². The van der Waals surface area contributed by atoms with E-state index >= 15 is 0 Å². The number of aldehydes is 1. The van der Waals surface area contributed by atoms with Crippen LogP contribution < -0.4 is 5.32 Å². The maximum Gasteiger partial charge on any atom is 0.336 e. The van der Waals surface area contributed by atoms with Gasteiger partial charge in [0.1, 0.15) is 6.29 Å². The first kappa shape index (κ1) is 18.5. The molecule has 0 saturated carbocycles. The normalized spacial score (nSPS) is 17.5. The number of methoxy groups -OCH3 is 1. The number of dihydropyridines is 1. The Labute approximate surface area is 149 Å². The summed E-state index contributed by atoms with van der Waals surface area (Å²) in [6.07, 6.45) is 3.15. The Morgan fingerprint density at radius 2 is 1.96 bits per heavy atom. The summed E-state index contributed by atoms with van der Waals surface area (Å²) in [5.74, 6) is -2.84. The summed E-state index contributed by atoms with van der Waals surface area (Å²) < 4.78 is 4.84. The molecule has 1 unspecified atom stereocenters. The molecular formula is C18H16ClNO5. The third kappa shape index (κ3) is 3.64. The third-order valence-corrected chi connectivity index (χ3v) is 4.13. The molecule has 1 aliphatic heterocycles. The van der Waals surface area contributed by atoms with Gasteiger partial charge in [-0.25, -0.2) is 9.59 Å². The number of aliphatic carboxylic acids is 1. The molecule has 25 heavy (non-hydrogen) atoms. The number of ether oxygens (including phenoxy) is 1. The van der Waals surface area contributed by atoms with E-state index in [2.05, 4.69) is 5.32 Å². The van der Waals surface area contributed by atoms with Crippen LogP contribution in [-0.4, -0.2) is 30.4 Å². The maximum atomic E-state index is 12.4. The molecule has 1 atom stereocenters. The zero-order valence-electron chi connectivity index (χ0n) is 13.6. The standard InChI is InChI=1S/C18H16ClNO5/c1-10-14(17(22)23)15(11-6-3-4-7-12(11)19)16(18(24)25-2)13(20-10)8-5-9-21/h3-9,15,20H,1-2H3,(H,22,23)/b8-5+. The lowest BCUT2D eigenvalue weighted by Gasteiger charge is -2.30. The number of carbonyl (C=O) groups is 3. The smallest absolute Gasteiger partial charge is 0.336 e. The van der Waals surface area contributed by atoms with Gasteiger partial charge >= 0.3 is 11.9 Å². The minimum Gasteiger partial charge on any atom is -0.478 e. The monoisotopic (exact) mass is 361 g/mol. The first-order valence-electron chi connectivity index (χ1n) is 7.32. The molecule has 1 aromatic carbocycles. The molecule has 0 aromatic heterocycles. The Morgan fingerprint density at radius 3 is 2.52 bits per heavy atom. The number of carboxylic acids is 1. The van der Waals surface area contributed by atoms with Crippen LogP contribution in [0.25, 0.3) is 0 Å². The Morgan fingerprint density at radius 1 is 1.28 bits per heavy atom. The van der Waals surface area contributed by atoms with Gasteiger partial charge in [-0.05, 0) is 30.7 Å². The lowest BCUT2D eigenvalue weighted by molar-refractivity contribution is -0.136. The summed E-state index contributed by atoms with van der Waals surface area (Å²) >= 11 is 6.26. The molecule has 1 heterocycles. The molecule has 0 radical (unpaired) electrons. The van der Waals surface area contributed by atoms with Crippen molar-refractivity contribution in [3.8, 4) is 0 Å². The van der Waals surface area contributed by atoms with Crippen LogP contribution in [0.4, 0.5) is 0 Å². The van der Waals surface area contributed by atoms with E-state index < -0.39 is 17.9 Å². The van der Waals surface area contributed by atoms with Crippen molar-refractivity contribution in [2.24, 2.45) is 0 Å². The van der Waals surface area contributed by atoms with Crippen LogP contribution in [0.3, 0.4) is 0 Å². The van der Waals surface area contributed by atoms with Gasteiger partial charge in [-0.2, -0.15) is 0 Å². The highest BCUT2D eigenvalue weighted by atomic mass is 35.5. The van der Waals surface area contributed by atoms with E-state index in [0.29, 0.717) is 22.6 Å².